The molecule has 2 aromatic rings. The van der Waals surface area contributed by atoms with E-state index in [0.29, 0.717) is 49.5 Å². The molecule has 0 radical (unpaired) electrons. The van der Waals surface area contributed by atoms with E-state index in [0.717, 1.165) is 27.8 Å². The molecule has 0 saturated carbocycles. The highest BCUT2D eigenvalue weighted by atomic mass is 35.5. The molecule has 1 aromatic carbocycles. The van der Waals surface area contributed by atoms with Crippen LogP contribution in [0.5, 0.6) is 0 Å². The lowest BCUT2D eigenvalue weighted by molar-refractivity contribution is -0.146. The Balaban J connectivity index is 1.63. The van der Waals surface area contributed by atoms with Crippen molar-refractivity contribution in [1.82, 2.24) is 9.47 Å². The standard InChI is InChI=1S/C27H29ClN2O4/c1-4-5-10-30-16-23(21-13-17(2)14-22(21)26(30)32)19-6-7-20(24(28)15-19)25(31)29-11-8-18(9-12-29)27(33)34-3/h4-7,13,15-16,18H,8-12,14H2,1-3H3/b5-4+. The number of esters is 1. The fraction of sp³-hybridized carbons (Fsp3) is 0.370. The highest BCUT2D eigenvalue weighted by molar-refractivity contribution is 6.34. The van der Waals surface area contributed by atoms with Crippen molar-refractivity contribution in [1.29, 1.82) is 0 Å². The summed E-state index contributed by atoms with van der Waals surface area (Å²) in [5.41, 5.74) is 5.12. The van der Waals surface area contributed by atoms with Crippen molar-refractivity contribution in [2.24, 2.45) is 5.92 Å². The normalized spacial score (nSPS) is 16.0. The summed E-state index contributed by atoms with van der Waals surface area (Å²) in [4.78, 5) is 39.6. The molecule has 0 N–H and O–H groups in total. The van der Waals surface area contributed by atoms with Crippen LogP contribution in [-0.4, -0.2) is 41.5 Å². The number of methoxy groups -OCH3 is 1. The van der Waals surface area contributed by atoms with Gasteiger partial charge in [-0.25, -0.2) is 0 Å². The molecular formula is C27H29ClN2O4. The number of nitrogens with zero attached hydrogens (tertiary/aromatic N) is 2. The molecule has 178 valence electrons. The average molecular weight is 481 g/mol. The molecule has 34 heavy (non-hydrogen) atoms. The second-order valence-corrected chi connectivity index (χ2v) is 9.32. The Labute approximate surface area is 204 Å². The van der Waals surface area contributed by atoms with E-state index in [1.165, 1.54) is 7.11 Å². The predicted octanol–water partition coefficient (Wildman–Crippen LogP) is 4.73. The number of piperidine rings is 1. The van der Waals surface area contributed by atoms with Gasteiger partial charge in [0.25, 0.3) is 11.5 Å². The molecule has 1 aliphatic heterocycles. The maximum absolute atomic E-state index is 13.1. The quantitative estimate of drug-likeness (QED) is 0.458. The Morgan fingerprint density at radius 1 is 1.24 bits per heavy atom. The van der Waals surface area contributed by atoms with Gasteiger partial charge in [0.15, 0.2) is 0 Å². The van der Waals surface area contributed by atoms with Gasteiger partial charge in [-0.15, -0.1) is 0 Å². The minimum atomic E-state index is -0.220. The zero-order valence-electron chi connectivity index (χ0n) is 19.8. The Kier molecular flexibility index (Phi) is 7.08. The summed E-state index contributed by atoms with van der Waals surface area (Å²) >= 11 is 6.61. The zero-order valence-corrected chi connectivity index (χ0v) is 20.5. The second-order valence-electron chi connectivity index (χ2n) is 8.91. The molecule has 1 saturated heterocycles. The third-order valence-electron chi connectivity index (χ3n) is 6.63. The van der Waals surface area contributed by atoms with E-state index in [2.05, 4.69) is 6.08 Å². The van der Waals surface area contributed by atoms with Crippen LogP contribution < -0.4 is 5.56 Å². The number of halogens is 1. The van der Waals surface area contributed by atoms with Crippen molar-refractivity contribution in [3.05, 3.63) is 74.2 Å². The monoisotopic (exact) mass is 480 g/mol. The van der Waals surface area contributed by atoms with Crippen LogP contribution in [0.2, 0.25) is 5.02 Å². The third kappa shape index (κ3) is 4.60. The number of hydrogen-bond acceptors (Lipinski definition) is 4. The first-order valence-electron chi connectivity index (χ1n) is 11.6. The van der Waals surface area contributed by atoms with Crippen LogP contribution in [0.1, 0.15) is 48.2 Å². The predicted molar refractivity (Wildman–Crippen MR) is 134 cm³/mol. The Morgan fingerprint density at radius 3 is 2.62 bits per heavy atom. The van der Waals surface area contributed by atoms with Crippen molar-refractivity contribution >= 4 is 29.6 Å². The van der Waals surface area contributed by atoms with E-state index in [4.69, 9.17) is 16.3 Å². The highest BCUT2D eigenvalue weighted by Crippen LogP contribution is 2.34. The summed E-state index contributed by atoms with van der Waals surface area (Å²) in [5.74, 6) is -0.523. The van der Waals surface area contributed by atoms with Gasteiger partial charge >= 0.3 is 5.97 Å². The lowest BCUT2D eigenvalue weighted by atomic mass is 9.95. The first-order chi connectivity index (χ1) is 16.3. The van der Waals surface area contributed by atoms with E-state index in [9.17, 15) is 14.4 Å². The van der Waals surface area contributed by atoms with Crippen molar-refractivity contribution in [2.45, 2.75) is 39.7 Å². The number of carbonyl (C=O) groups is 2. The molecule has 0 unspecified atom stereocenters. The van der Waals surface area contributed by atoms with E-state index >= 15 is 0 Å². The number of fused-ring (bicyclic) bond motifs is 1. The maximum atomic E-state index is 13.1. The average Bonchev–Trinajstić information content (AvgIpc) is 3.24. The number of likely N-dealkylation sites (tertiary alicyclic amines) is 1. The molecule has 2 heterocycles. The van der Waals surface area contributed by atoms with Crippen molar-refractivity contribution in [3.8, 4) is 11.1 Å². The number of hydrogen-bond donors (Lipinski definition) is 0. The fourth-order valence-electron chi connectivity index (χ4n) is 4.74. The van der Waals surface area contributed by atoms with Crippen LogP contribution in [-0.2, 0) is 22.5 Å². The molecule has 1 amide bonds. The largest absolute Gasteiger partial charge is 0.469 e. The van der Waals surface area contributed by atoms with Gasteiger partial charge in [-0.3, -0.25) is 14.4 Å². The molecule has 6 nitrogen and oxygen atoms in total. The van der Waals surface area contributed by atoms with Gasteiger partial charge in [0, 0.05) is 37.0 Å². The lowest BCUT2D eigenvalue weighted by Gasteiger charge is -2.31. The summed E-state index contributed by atoms with van der Waals surface area (Å²) in [5, 5.41) is 0.372. The topological polar surface area (TPSA) is 68.6 Å². The number of aromatic nitrogens is 1. The molecule has 2 aliphatic rings. The van der Waals surface area contributed by atoms with Gasteiger partial charge in [0.2, 0.25) is 0 Å². The van der Waals surface area contributed by atoms with E-state index in [-0.39, 0.29) is 23.4 Å². The molecule has 0 atom stereocenters. The Bertz CT molecular complexity index is 1250. The lowest BCUT2D eigenvalue weighted by Crippen LogP contribution is -2.40. The molecule has 1 fully saturated rings. The molecule has 0 bridgehead atoms. The van der Waals surface area contributed by atoms with Crippen LogP contribution in [0.3, 0.4) is 0 Å². The second kappa shape index (κ2) is 10.0. The number of carbonyl (C=O) groups excluding carboxylic acids is 2. The van der Waals surface area contributed by atoms with Crippen molar-refractivity contribution in [2.75, 3.05) is 20.2 Å². The number of ether oxygens (including phenoxy) is 1. The van der Waals surface area contributed by atoms with Gasteiger partial charge < -0.3 is 14.2 Å². The fourth-order valence-corrected chi connectivity index (χ4v) is 5.00. The molecule has 0 spiro atoms. The van der Waals surface area contributed by atoms with Gasteiger partial charge in [0.1, 0.15) is 0 Å². The molecular weight excluding hydrogens is 452 g/mol. The molecule has 4 rings (SSSR count). The van der Waals surface area contributed by atoms with Gasteiger partial charge in [-0.1, -0.05) is 41.5 Å². The van der Waals surface area contributed by atoms with Crippen LogP contribution in [0.15, 0.2) is 46.9 Å². The zero-order chi connectivity index (χ0) is 24.4. The van der Waals surface area contributed by atoms with Crippen LogP contribution in [0.25, 0.3) is 17.2 Å². The number of pyridine rings is 1. The summed E-state index contributed by atoms with van der Waals surface area (Å²) in [6.07, 6.45) is 9.62. The van der Waals surface area contributed by atoms with E-state index in [1.54, 1.807) is 21.6 Å². The first-order valence-corrected chi connectivity index (χ1v) is 11.9. The van der Waals surface area contributed by atoms with Gasteiger partial charge in [-0.05, 0) is 56.4 Å². The Hall–Kier alpha value is -3.12. The Morgan fingerprint density at radius 2 is 1.97 bits per heavy atom. The molecule has 7 heteroatoms. The molecule has 1 aliphatic carbocycles. The number of rotatable bonds is 5. The highest BCUT2D eigenvalue weighted by Gasteiger charge is 2.29. The minimum absolute atomic E-state index is 0.0261. The van der Waals surface area contributed by atoms with Crippen molar-refractivity contribution in [3.63, 3.8) is 0 Å². The summed E-state index contributed by atoms with van der Waals surface area (Å²) < 4.78 is 6.55. The van der Waals surface area contributed by atoms with Gasteiger partial charge in [-0.2, -0.15) is 0 Å². The summed E-state index contributed by atoms with van der Waals surface area (Å²) in [6, 6.07) is 5.45. The van der Waals surface area contributed by atoms with E-state index < -0.39 is 0 Å². The third-order valence-corrected chi connectivity index (χ3v) is 6.94. The van der Waals surface area contributed by atoms with Crippen molar-refractivity contribution < 1.29 is 14.3 Å². The minimum Gasteiger partial charge on any atom is -0.469 e. The maximum Gasteiger partial charge on any atom is 0.308 e. The number of allylic oxidation sites excluding steroid dienone is 3. The van der Waals surface area contributed by atoms with E-state index in [1.807, 2.05) is 38.3 Å². The first kappa shape index (κ1) is 24.0. The molecule has 1 aromatic heterocycles. The van der Waals surface area contributed by atoms with Crippen LogP contribution in [0, 0.1) is 5.92 Å². The SMILES string of the molecule is C/C=C/Cn1cc(-c2ccc(C(=O)N3CCC(C(=O)OC)CC3)c(Cl)c2)c2c(c1=O)CC(C)=C2. The van der Waals surface area contributed by atoms with Crippen LogP contribution >= 0.6 is 11.6 Å². The summed E-state index contributed by atoms with van der Waals surface area (Å²) in [6.45, 7) is 5.44. The smallest absolute Gasteiger partial charge is 0.308 e. The van der Waals surface area contributed by atoms with Gasteiger partial charge in [0.05, 0.1) is 23.6 Å². The van der Waals surface area contributed by atoms with Crippen LogP contribution in [0.4, 0.5) is 0 Å². The number of benzene rings is 1. The summed E-state index contributed by atoms with van der Waals surface area (Å²) in [7, 11) is 1.39. The number of amides is 1.